The van der Waals surface area contributed by atoms with Crippen molar-refractivity contribution in [1.29, 1.82) is 0 Å². The largest absolute Gasteiger partial charge is 0.398 e. The van der Waals surface area contributed by atoms with Crippen LogP contribution in [-0.4, -0.2) is 18.6 Å². The van der Waals surface area contributed by atoms with Gasteiger partial charge in [-0.1, -0.05) is 18.3 Å². The van der Waals surface area contributed by atoms with Crippen molar-refractivity contribution in [3.63, 3.8) is 0 Å². The lowest BCUT2D eigenvalue weighted by molar-refractivity contribution is 0.603. The Bertz CT molecular complexity index is 616. The number of rotatable bonds is 4. The van der Waals surface area contributed by atoms with Gasteiger partial charge < -0.3 is 5.73 Å². The molecule has 92 valence electrons. The van der Waals surface area contributed by atoms with Crippen molar-refractivity contribution in [2.45, 2.75) is 17.6 Å². The molecule has 0 unspecified atom stereocenters. The number of hydrogen-bond acceptors (Lipinski definition) is 7. The van der Waals surface area contributed by atoms with Crippen LogP contribution in [0.25, 0.3) is 0 Å². The highest BCUT2D eigenvalue weighted by Crippen LogP contribution is 2.25. The van der Waals surface area contributed by atoms with Crippen LogP contribution < -0.4 is 10.5 Å². The zero-order valence-corrected chi connectivity index (χ0v) is 11.3. The van der Waals surface area contributed by atoms with Crippen LogP contribution in [0.3, 0.4) is 0 Å². The van der Waals surface area contributed by atoms with Crippen LogP contribution in [0.2, 0.25) is 0 Å². The topological polar surface area (TPSA) is 98.0 Å². The van der Waals surface area contributed by atoms with Gasteiger partial charge in [0, 0.05) is 11.1 Å². The highest BCUT2D eigenvalue weighted by molar-refractivity contribution is 7.94. The van der Waals surface area contributed by atoms with Gasteiger partial charge >= 0.3 is 0 Å². The van der Waals surface area contributed by atoms with Crippen molar-refractivity contribution >= 4 is 43.5 Å². The summed E-state index contributed by atoms with van der Waals surface area (Å²) in [6, 6.07) is 1.41. The molecule has 0 amide bonds. The number of aromatic nitrogens is 2. The second-order valence-electron chi connectivity index (χ2n) is 3.16. The molecule has 0 aliphatic carbocycles. The molecule has 0 saturated carbocycles. The number of thiophene rings is 1. The van der Waals surface area contributed by atoms with E-state index in [1.54, 1.807) is 5.38 Å². The molecular weight excluding hydrogens is 280 g/mol. The van der Waals surface area contributed by atoms with Crippen molar-refractivity contribution in [3.8, 4) is 0 Å². The second-order valence-corrected chi connectivity index (χ2v) is 7.04. The van der Waals surface area contributed by atoms with Gasteiger partial charge in [-0.3, -0.25) is 4.72 Å². The molecule has 2 rings (SSSR count). The second kappa shape index (κ2) is 4.59. The van der Waals surface area contributed by atoms with Gasteiger partial charge in [-0.2, -0.15) is 0 Å². The number of sulfonamides is 1. The zero-order chi connectivity index (χ0) is 12.5. The summed E-state index contributed by atoms with van der Waals surface area (Å²) in [7, 11) is -3.59. The minimum absolute atomic E-state index is 0.170. The number of nitrogens with one attached hydrogen (secondary N) is 1. The van der Waals surface area contributed by atoms with E-state index in [1.165, 1.54) is 17.4 Å². The first-order valence-corrected chi connectivity index (χ1v) is 7.88. The van der Waals surface area contributed by atoms with Crippen LogP contribution in [0, 0.1) is 0 Å². The molecule has 0 radical (unpaired) electrons. The van der Waals surface area contributed by atoms with E-state index in [0.717, 1.165) is 22.8 Å². The number of anilines is 2. The molecule has 0 saturated heterocycles. The maximum absolute atomic E-state index is 11.9. The van der Waals surface area contributed by atoms with Crippen LogP contribution in [0.4, 0.5) is 10.8 Å². The van der Waals surface area contributed by atoms with Crippen molar-refractivity contribution in [1.82, 2.24) is 10.2 Å². The smallest absolute Gasteiger partial charge is 0.273 e. The lowest BCUT2D eigenvalue weighted by Crippen LogP contribution is -2.11. The molecule has 0 spiro atoms. The molecule has 2 aromatic rings. The van der Waals surface area contributed by atoms with Gasteiger partial charge in [-0.15, -0.1) is 21.5 Å². The maximum atomic E-state index is 11.9. The van der Waals surface area contributed by atoms with E-state index >= 15 is 0 Å². The van der Waals surface area contributed by atoms with E-state index in [4.69, 9.17) is 5.73 Å². The van der Waals surface area contributed by atoms with Crippen LogP contribution in [0.5, 0.6) is 0 Å². The van der Waals surface area contributed by atoms with Gasteiger partial charge in [0.15, 0.2) is 0 Å². The highest BCUT2D eigenvalue weighted by Gasteiger charge is 2.18. The van der Waals surface area contributed by atoms with E-state index in [9.17, 15) is 8.42 Å². The fourth-order valence-corrected chi connectivity index (χ4v) is 4.06. The number of hydrogen-bond donors (Lipinski definition) is 2. The number of nitrogens with two attached hydrogens (primary N) is 1. The number of nitrogen functional groups attached to an aromatic ring is 1. The van der Waals surface area contributed by atoms with Gasteiger partial charge in [-0.25, -0.2) is 8.42 Å². The maximum Gasteiger partial charge on any atom is 0.273 e. The van der Waals surface area contributed by atoms with E-state index in [1.807, 2.05) is 6.92 Å². The summed E-state index contributed by atoms with van der Waals surface area (Å²) in [5.74, 6) is 0. The van der Waals surface area contributed by atoms with Gasteiger partial charge in [0.2, 0.25) is 5.13 Å². The van der Waals surface area contributed by atoms with Gasteiger partial charge in [0.25, 0.3) is 10.0 Å². The Morgan fingerprint density at radius 3 is 2.76 bits per heavy atom. The third-order valence-corrected chi connectivity index (χ3v) is 5.76. The molecule has 0 atom stereocenters. The van der Waals surface area contributed by atoms with E-state index < -0.39 is 10.0 Å². The van der Waals surface area contributed by atoms with Crippen molar-refractivity contribution < 1.29 is 8.42 Å². The minimum Gasteiger partial charge on any atom is -0.398 e. The molecule has 0 fully saturated rings. The molecule has 2 heterocycles. The third-order valence-electron chi connectivity index (χ3n) is 1.85. The first kappa shape index (κ1) is 12.3. The van der Waals surface area contributed by atoms with Crippen molar-refractivity contribution in [2.24, 2.45) is 0 Å². The predicted molar refractivity (Wildman–Crippen MR) is 68.8 cm³/mol. The molecule has 0 aromatic carbocycles. The molecule has 3 N–H and O–H groups in total. The molecule has 0 bridgehead atoms. The van der Waals surface area contributed by atoms with Crippen molar-refractivity contribution in [3.05, 3.63) is 16.5 Å². The minimum atomic E-state index is -3.59. The Balaban J connectivity index is 2.23. The van der Waals surface area contributed by atoms with Crippen LogP contribution in [-0.2, 0) is 16.4 Å². The molecule has 0 aliphatic heterocycles. The fourth-order valence-electron chi connectivity index (χ4n) is 1.07. The number of aryl methyl sites for hydroxylation is 1. The van der Waals surface area contributed by atoms with E-state index in [2.05, 4.69) is 14.9 Å². The van der Waals surface area contributed by atoms with E-state index in [0.29, 0.717) is 5.69 Å². The Morgan fingerprint density at radius 1 is 1.47 bits per heavy atom. The van der Waals surface area contributed by atoms with Crippen LogP contribution in [0.1, 0.15) is 11.9 Å². The van der Waals surface area contributed by atoms with E-state index in [-0.39, 0.29) is 9.34 Å². The Kier molecular flexibility index (Phi) is 3.31. The summed E-state index contributed by atoms with van der Waals surface area (Å²) in [6.45, 7) is 1.93. The SMILES string of the molecule is CCc1nnc(NS(=O)(=O)c2cc(N)cs2)s1. The fraction of sp³-hybridized carbons (Fsp3) is 0.250. The third kappa shape index (κ3) is 2.73. The summed E-state index contributed by atoms with van der Waals surface area (Å²) < 4.78 is 26.3. The molecule has 6 nitrogen and oxygen atoms in total. The molecular formula is C8H10N4O2S3. The highest BCUT2D eigenvalue weighted by atomic mass is 32.2. The first-order chi connectivity index (χ1) is 8.01. The van der Waals surface area contributed by atoms with Gasteiger partial charge in [0.05, 0.1) is 0 Å². The van der Waals surface area contributed by atoms with Gasteiger partial charge in [0.1, 0.15) is 9.22 Å². The lowest BCUT2D eigenvalue weighted by atomic mass is 10.5. The normalized spacial score (nSPS) is 11.6. The lowest BCUT2D eigenvalue weighted by Gasteiger charge is -2.00. The molecule has 9 heteroatoms. The summed E-state index contributed by atoms with van der Waals surface area (Å²) in [6.07, 6.45) is 0.728. The van der Waals surface area contributed by atoms with Crippen LogP contribution in [0.15, 0.2) is 15.7 Å². The molecule has 2 aromatic heterocycles. The Morgan fingerprint density at radius 2 is 2.24 bits per heavy atom. The Hall–Kier alpha value is -1.19. The monoisotopic (exact) mass is 290 g/mol. The zero-order valence-electron chi connectivity index (χ0n) is 8.87. The first-order valence-electron chi connectivity index (χ1n) is 4.70. The summed E-state index contributed by atoms with van der Waals surface area (Å²) in [4.78, 5) is 0. The Labute approximate surface area is 107 Å². The van der Waals surface area contributed by atoms with Crippen LogP contribution >= 0.6 is 22.7 Å². The predicted octanol–water partition coefficient (Wildman–Crippen LogP) is 1.55. The molecule has 17 heavy (non-hydrogen) atoms. The standard InChI is InChI=1S/C8H10N4O2S3/c1-2-6-10-11-8(16-6)12-17(13,14)7-3-5(9)4-15-7/h3-4H,2,9H2,1H3,(H,11,12). The van der Waals surface area contributed by atoms with Gasteiger partial charge in [-0.05, 0) is 12.5 Å². The average molecular weight is 290 g/mol. The summed E-state index contributed by atoms with van der Waals surface area (Å²) >= 11 is 2.29. The average Bonchev–Trinajstić information content (AvgIpc) is 2.86. The quantitative estimate of drug-likeness (QED) is 0.890. The molecule has 0 aliphatic rings. The summed E-state index contributed by atoms with van der Waals surface area (Å²) in [5, 5.41) is 10.2. The number of nitrogens with zero attached hydrogens (tertiary/aromatic N) is 2. The van der Waals surface area contributed by atoms with Crippen molar-refractivity contribution in [2.75, 3.05) is 10.5 Å². The summed E-state index contributed by atoms with van der Waals surface area (Å²) in [5.41, 5.74) is 5.92.